The molecule has 20 heavy (non-hydrogen) atoms. The van der Waals surface area contributed by atoms with Crippen molar-refractivity contribution in [3.05, 3.63) is 34.9 Å². The first-order chi connectivity index (χ1) is 9.54. The first-order valence-electron chi connectivity index (χ1n) is 6.56. The Hall–Kier alpha value is -1.75. The van der Waals surface area contributed by atoms with Crippen LogP contribution >= 0.6 is 11.6 Å². The van der Waals surface area contributed by atoms with Crippen molar-refractivity contribution in [2.24, 2.45) is 5.92 Å². The van der Waals surface area contributed by atoms with Crippen LogP contribution in [0.25, 0.3) is 0 Å². The second kappa shape index (κ2) is 6.61. The first kappa shape index (κ1) is 14.7. The quantitative estimate of drug-likeness (QED) is 0.798. The number of rotatable bonds is 4. The molecular formula is C14H17ClN2O3. The van der Waals surface area contributed by atoms with E-state index in [-0.39, 0.29) is 18.0 Å². The highest BCUT2D eigenvalue weighted by molar-refractivity contribution is 6.30. The van der Waals surface area contributed by atoms with Gasteiger partial charge in [0.25, 0.3) is 0 Å². The Kier molecular flexibility index (Phi) is 4.84. The molecule has 1 aromatic rings. The summed E-state index contributed by atoms with van der Waals surface area (Å²) in [5.74, 6) is -1.12. The molecule has 2 unspecified atom stereocenters. The number of carboxylic acids is 1. The van der Waals surface area contributed by atoms with Gasteiger partial charge in [-0.15, -0.1) is 0 Å². The van der Waals surface area contributed by atoms with Crippen LogP contribution in [0, 0.1) is 5.92 Å². The lowest BCUT2D eigenvalue weighted by molar-refractivity contribution is -0.141. The van der Waals surface area contributed by atoms with Crippen molar-refractivity contribution in [3.63, 3.8) is 0 Å². The molecular weight excluding hydrogens is 280 g/mol. The van der Waals surface area contributed by atoms with Gasteiger partial charge in [0, 0.05) is 17.6 Å². The fourth-order valence-corrected chi connectivity index (χ4v) is 2.62. The highest BCUT2D eigenvalue weighted by Crippen LogP contribution is 2.25. The Labute approximate surface area is 122 Å². The van der Waals surface area contributed by atoms with Crippen LogP contribution in [0.2, 0.25) is 5.02 Å². The summed E-state index contributed by atoms with van der Waals surface area (Å²) < 4.78 is 0. The summed E-state index contributed by atoms with van der Waals surface area (Å²) in [6, 6.07) is 6.93. The smallest absolute Gasteiger partial charge is 0.315 e. The van der Waals surface area contributed by atoms with E-state index >= 15 is 0 Å². The normalized spacial score (nSPS) is 21.4. The van der Waals surface area contributed by atoms with Crippen molar-refractivity contribution < 1.29 is 14.7 Å². The van der Waals surface area contributed by atoms with Gasteiger partial charge in [-0.2, -0.15) is 0 Å². The number of aliphatic carboxylic acids is 1. The Balaban J connectivity index is 1.75. The number of carboxylic acid groups (broad SMARTS) is 1. The molecule has 1 fully saturated rings. The number of hydrogen-bond donors (Lipinski definition) is 3. The third-order valence-electron chi connectivity index (χ3n) is 3.46. The molecule has 5 nitrogen and oxygen atoms in total. The topological polar surface area (TPSA) is 78.4 Å². The van der Waals surface area contributed by atoms with Crippen LogP contribution in [-0.4, -0.2) is 23.1 Å². The van der Waals surface area contributed by atoms with Crippen molar-refractivity contribution in [1.29, 1.82) is 0 Å². The average Bonchev–Trinajstić information content (AvgIpc) is 2.85. The number of hydrogen-bond acceptors (Lipinski definition) is 2. The lowest BCUT2D eigenvalue weighted by Crippen LogP contribution is -2.40. The summed E-state index contributed by atoms with van der Waals surface area (Å²) in [5, 5.41) is 15.1. The van der Waals surface area contributed by atoms with Crippen molar-refractivity contribution in [2.75, 3.05) is 0 Å². The monoisotopic (exact) mass is 296 g/mol. The molecule has 0 heterocycles. The average molecular weight is 297 g/mol. The molecule has 0 radical (unpaired) electrons. The van der Waals surface area contributed by atoms with Gasteiger partial charge in [0.1, 0.15) is 0 Å². The number of urea groups is 1. The van der Waals surface area contributed by atoms with E-state index in [0.29, 0.717) is 30.8 Å². The molecule has 1 aromatic carbocycles. The minimum absolute atomic E-state index is 0.0598. The fraction of sp³-hybridized carbons (Fsp3) is 0.429. The molecule has 2 amide bonds. The van der Waals surface area contributed by atoms with Gasteiger partial charge in [-0.05, 0) is 37.0 Å². The van der Waals surface area contributed by atoms with Crippen LogP contribution in [0.3, 0.4) is 0 Å². The lowest BCUT2D eigenvalue weighted by atomic mass is 10.1. The molecule has 1 saturated carbocycles. The molecule has 6 heteroatoms. The largest absolute Gasteiger partial charge is 0.481 e. The zero-order valence-corrected chi connectivity index (χ0v) is 11.7. The van der Waals surface area contributed by atoms with E-state index < -0.39 is 5.97 Å². The maximum absolute atomic E-state index is 11.7. The van der Waals surface area contributed by atoms with E-state index in [4.69, 9.17) is 16.7 Å². The summed E-state index contributed by atoms with van der Waals surface area (Å²) in [5.41, 5.74) is 0.919. The van der Waals surface area contributed by atoms with Crippen LogP contribution in [0.15, 0.2) is 24.3 Å². The predicted octanol–water partition coefficient (Wildman–Crippen LogP) is 2.39. The number of carbonyl (C=O) groups is 2. The van der Waals surface area contributed by atoms with Crippen molar-refractivity contribution in [3.8, 4) is 0 Å². The summed E-state index contributed by atoms with van der Waals surface area (Å²) >= 11 is 5.86. The molecule has 0 bridgehead atoms. The standard InChI is InChI=1S/C14H17ClN2O3/c15-11-3-1-2-9(6-11)8-16-14(20)17-12-5-4-10(7-12)13(18)19/h1-3,6,10,12H,4-5,7-8H2,(H,18,19)(H2,16,17,20). The third kappa shape index (κ3) is 4.13. The summed E-state index contributed by atoms with van der Waals surface area (Å²) in [6.45, 7) is 0.390. The maximum atomic E-state index is 11.7. The molecule has 3 N–H and O–H groups in total. The van der Waals surface area contributed by atoms with Crippen LogP contribution in [-0.2, 0) is 11.3 Å². The van der Waals surface area contributed by atoms with Gasteiger partial charge in [-0.25, -0.2) is 4.79 Å². The molecule has 108 valence electrons. The van der Waals surface area contributed by atoms with Gasteiger partial charge >= 0.3 is 12.0 Å². The predicted molar refractivity (Wildman–Crippen MR) is 75.6 cm³/mol. The zero-order valence-electron chi connectivity index (χ0n) is 10.9. The lowest BCUT2D eigenvalue weighted by Gasteiger charge is -2.13. The highest BCUT2D eigenvalue weighted by Gasteiger charge is 2.30. The summed E-state index contributed by atoms with van der Waals surface area (Å²) in [7, 11) is 0. The SMILES string of the molecule is O=C(NCc1cccc(Cl)c1)NC1CCC(C(=O)O)C1. The molecule has 0 aromatic heterocycles. The zero-order chi connectivity index (χ0) is 14.5. The van der Waals surface area contributed by atoms with Gasteiger partial charge in [-0.3, -0.25) is 4.79 Å². The summed E-state index contributed by atoms with van der Waals surface area (Å²) in [4.78, 5) is 22.6. The van der Waals surface area contributed by atoms with Gasteiger partial charge in [0.05, 0.1) is 5.92 Å². The third-order valence-corrected chi connectivity index (χ3v) is 3.69. The van der Waals surface area contributed by atoms with E-state index in [1.807, 2.05) is 12.1 Å². The molecule has 0 aliphatic heterocycles. The van der Waals surface area contributed by atoms with E-state index in [1.54, 1.807) is 12.1 Å². The Morgan fingerprint density at radius 1 is 1.35 bits per heavy atom. The van der Waals surface area contributed by atoms with E-state index in [0.717, 1.165) is 5.56 Å². The molecule has 1 aliphatic carbocycles. The number of halogens is 1. The molecule has 1 aliphatic rings. The van der Waals surface area contributed by atoms with Crippen LogP contribution < -0.4 is 10.6 Å². The first-order valence-corrected chi connectivity index (χ1v) is 6.94. The molecule has 0 saturated heterocycles. The van der Waals surface area contributed by atoms with E-state index in [9.17, 15) is 9.59 Å². The van der Waals surface area contributed by atoms with Crippen LogP contribution in [0.5, 0.6) is 0 Å². The maximum Gasteiger partial charge on any atom is 0.315 e. The minimum Gasteiger partial charge on any atom is -0.481 e. The van der Waals surface area contributed by atoms with Crippen molar-refractivity contribution >= 4 is 23.6 Å². The van der Waals surface area contributed by atoms with Gasteiger partial charge in [-0.1, -0.05) is 23.7 Å². The number of nitrogens with one attached hydrogen (secondary N) is 2. The Morgan fingerprint density at radius 3 is 2.80 bits per heavy atom. The molecule has 0 spiro atoms. The number of benzene rings is 1. The van der Waals surface area contributed by atoms with E-state index in [2.05, 4.69) is 10.6 Å². The molecule has 2 atom stereocenters. The van der Waals surface area contributed by atoms with E-state index in [1.165, 1.54) is 0 Å². The number of amides is 2. The van der Waals surface area contributed by atoms with Crippen LogP contribution in [0.4, 0.5) is 4.79 Å². The fourth-order valence-electron chi connectivity index (χ4n) is 2.40. The molecule has 2 rings (SSSR count). The summed E-state index contributed by atoms with van der Waals surface area (Å²) in [6.07, 6.45) is 1.83. The van der Waals surface area contributed by atoms with Crippen LogP contribution in [0.1, 0.15) is 24.8 Å². The highest BCUT2D eigenvalue weighted by atomic mass is 35.5. The Morgan fingerprint density at radius 2 is 2.15 bits per heavy atom. The Bertz CT molecular complexity index is 507. The number of carbonyl (C=O) groups excluding carboxylic acids is 1. The van der Waals surface area contributed by atoms with Crippen molar-refractivity contribution in [2.45, 2.75) is 31.8 Å². The van der Waals surface area contributed by atoms with Gasteiger partial charge < -0.3 is 15.7 Å². The second-order valence-corrected chi connectivity index (χ2v) is 5.44. The van der Waals surface area contributed by atoms with Gasteiger partial charge in [0.2, 0.25) is 0 Å². The second-order valence-electron chi connectivity index (χ2n) is 5.00. The minimum atomic E-state index is -0.784. The van der Waals surface area contributed by atoms with Crippen molar-refractivity contribution in [1.82, 2.24) is 10.6 Å². The van der Waals surface area contributed by atoms with Gasteiger partial charge in [0.15, 0.2) is 0 Å².